The van der Waals surface area contributed by atoms with Gasteiger partial charge in [0, 0.05) is 11.3 Å². The van der Waals surface area contributed by atoms with Crippen LogP contribution in [0.5, 0.6) is 5.75 Å². The highest BCUT2D eigenvalue weighted by atomic mass is 16.6. The molecule has 3 aromatic rings. The maximum Gasteiger partial charge on any atom is 0.320 e. The number of H-pyrrole nitrogens is 1. The highest BCUT2D eigenvalue weighted by molar-refractivity contribution is 6.02. The molecular weight excluding hydrogens is 368 g/mol. The van der Waals surface area contributed by atoms with Crippen LogP contribution in [0, 0.1) is 30.9 Å². The minimum Gasteiger partial charge on any atom is -0.502 e. The van der Waals surface area contributed by atoms with Gasteiger partial charge in [-0.1, -0.05) is 0 Å². The molecule has 0 fully saturated rings. The molecule has 0 saturated carbocycles. The number of nitrogens with zero attached hydrogens (tertiary/aromatic N) is 4. The third kappa shape index (κ3) is 2.98. The number of nitro groups is 1. The quantitative estimate of drug-likeness (QED) is 0.449. The summed E-state index contributed by atoms with van der Waals surface area (Å²) in [6.45, 7) is 4.86. The molecule has 0 unspecified atom stereocenters. The van der Waals surface area contributed by atoms with E-state index in [1.165, 1.54) is 12.1 Å². The first-order valence-corrected chi connectivity index (χ1v) is 8.07. The lowest BCUT2D eigenvalue weighted by Crippen LogP contribution is -2.19. The smallest absolute Gasteiger partial charge is 0.320 e. The van der Waals surface area contributed by atoms with Crippen molar-refractivity contribution in [1.82, 2.24) is 19.7 Å². The normalized spacial score (nSPS) is 10.8. The molecule has 0 bridgehead atoms. The first kappa shape index (κ1) is 18.8. The summed E-state index contributed by atoms with van der Waals surface area (Å²) < 4.78 is 1.16. The van der Waals surface area contributed by atoms with Gasteiger partial charge in [-0.25, -0.2) is 4.98 Å². The SMILES string of the molecule is Cc1cc(-c2c(C(N)=O)ccc(O)c2[N+](=O)[O-])n(-c2nc(C)c(C)c(=O)[nH]2)n1. The van der Waals surface area contributed by atoms with Gasteiger partial charge in [0.05, 0.1) is 27.4 Å². The molecule has 11 heteroatoms. The van der Waals surface area contributed by atoms with Gasteiger partial charge in [-0.05, 0) is 39.0 Å². The van der Waals surface area contributed by atoms with Crippen LogP contribution in [0.25, 0.3) is 17.2 Å². The zero-order valence-corrected chi connectivity index (χ0v) is 15.2. The van der Waals surface area contributed by atoms with Gasteiger partial charge in [0.1, 0.15) is 0 Å². The number of rotatable bonds is 4. The Bertz CT molecular complexity index is 1190. The second-order valence-corrected chi connectivity index (χ2v) is 6.16. The standard InChI is InChI=1S/C17H16N6O5/c1-7-6-11(22(21-7)17-19-9(3)8(2)16(26)20-17)13-10(15(18)25)4-5-12(24)14(13)23(27)28/h4-6,24H,1-3H3,(H2,18,25)(H,19,20,26). The predicted molar refractivity (Wildman–Crippen MR) is 98.5 cm³/mol. The molecule has 0 spiro atoms. The third-order valence-electron chi connectivity index (χ3n) is 4.28. The number of benzene rings is 1. The zero-order chi connectivity index (χ0) is 20.7. The molecule has 2 heterocycles. The summed E-state index contributed by atoms with van der Waals surface area (Å²) in [5.74, 6) is -1.56. The minimum atomic E-state index is -0.926. The molecule has 0 atom stereocenters. The maximum absolute atomic E-state index is 12.1. The Morgan fingerprint density at radius 1 is 1.32 bits per heavy atom. The highest BCUT2D eigenvalue weighted by Crippen LogP contribution is 2.40. The Kier molecular flexibility index (Phi) is 4.43. The number of hydrogen-bond acceptors (Lipinski definition) is 7. The Balaban J connectivity index is 2.43. The van der Waals surface area contributed by atoms with Crippen LogP contribution >= 0.6 is 0 Å². The molecule has 28 heavy (non-hydrogen) atoms. The number of aromatic nitrogens is 4. The van der Waals surface area contributed by atoms with E-state index in [0.717, 1.165) is 10.7 Å². The summed E-state index contributed by atoms with van der Waals surface area (Å²) in [6.07, 6.45) is 0. The van der Waals surface area contributed by atoms with Crippen LogP contribution in [0.3, 0.4) is 0 Å². The minimum absolute atomic E-state index is 0.00395. The summed E-state index contributed by atoms with van der Waals surface area (Å²) in [5.41, 5.74) is 5.24. The van der Waals surface area contributed by atoms with Crippen molar-refractivity contribution in [1.29, 1.82) is 0 Å². The number of nitrogens with one attached hydrogen (secondary N) is 1. The first-order valence-electron chi connectivity index (χ1n) is 8.07. The second kappa shape index (κ2) is 6.61. The van der Waals surface area contributed by atoms with Crippen molar-refractivity contribution in [3.63, 3.8) is 0 Å². The molecule has 144 valence electrons. The Hall–Kier alpha value is -4.02. The van der Waals surface area contributed by atoms with E-state index in [1.807, 2.05) is 0 Å². The number of aryl methyl sites for hydroxylation is 2. The fraction of sp³-hybridized carbons (Fsp3) is 0.176. The van der Waals surface area contributed by atoms with Gasteiger partial charge in [-0.2, -0.15) is 9.78 Å². The van der Waals surface area contributed by atoms with E-state index in [9.17, 15) is 24.8 Å². The van der Waals surface area contributed by atoms with E-state index in [1.54, 1.807) is 20.8 Å². The maximum atomic E-state index is 12.1. The van der Waals surface area contributed by atoms with Crippen molar-refractivity contribution in [2.75, 3.05) is 0 Å². The summed E-state index contributed by atoms with van der Waals surface area (Å²) in [5, 5.41) is 25.8. The predicted octanol–water partition coefficient (Wildman–Crippen LogP) is 1.26. The van der Waals surface area contributed by atoms with E-state index >= 15 is 0 Å². The fourth-order valence-electron chi connectivity index (χ4n) is 2.80. The van der Waals surface area contributed by atoms with Crippen molar-refractivity contribution in [3.8, 4) is 23.0 Å². The first-order chi connectivity index (χ1) is 13.1. The molecule has 2 aromatic heterocycles. The molecule has 0 aliphatic rings. The summed E-state index contributed by atoms with van der Waals surface area (Å²) in [4.78, 5) is 41.6. The van der Waals surface area contributed by atoms with Crippen LogP contribution in [-0.4, -0.2) is 35.7 Å². The molecule has 4 N–H and O–H groups in total. The Morgan fingerprint density at radius 3 is 2.57 bits per heavy atom. The number of phenols is 1. The van der Waals surface area contributed by atoms with E-state index in [4.69, 9.17) is 5.73 Å². The van der Waals surface area contributed by atoms with Gasteiger partial charge in [0.2, 0.25) is 11.9 Å². The van der Waals surface area contributed by atoms with Gasteiger partial charge in [0.15, 0.2) is 5.75 Å². The Labute approximate surface area is 157 Å². The van der Waals surface area contributed by atoms with Gasteiger partial charge in [-0.15, -0.1) is 0 Å². The monoisotopic (exact) mass is 384 g/mol. The third-order valence-corrected chi connectivity index (χ3v) is 4.28. The fourth-order valence-corrected chi connectivity index (χ4v) is 2.80. The van der Waals surface area contributed by atoms with Crippen molar-refractivity contribution >= 4 is 11.6 Å². The lowest BCUT2D eigenvalue weighted by Gasteiger charge is -2.11. The summed E-state index contributed by atoms with van der Waals surface area (Å²) in [6, 6.07) is 3.66. The van der Waals surface area contributed by atoms with Crippen LogP contribution in [-0.2, 0) is 0 Å². The lowest BCUT2D eigenvalue weighted by atomic mass is 10.0. The van der Waals surface area contributed by atoms with Crippen LogP contribution in [0.15, 0.2) is 23.0 Å². The van der Waals surface area contributed by atoms with E-state index in [0.29, 0.717) is 17.0 Å². The van der Waals surface area contributed by atoms with E-state index in [2.05, 4.69) is 15.1 Å². The molecule has 3 rings (SSSR count). The summed E-state index contributed by atoms with van der Waals surface area (Å²) in [7, 11) is 0. The number of nitrogens with two attached hydrogens (primary N) is 1. The number of nitro benzene ring substituents is 1. The number of carbonyl (C=O) groups is 1. The van der Waals surface area contributed by atoms with Crippen molar-refractivity contribution in [3.05, 3.63) is 61.2 Å². The second-order valence-electron chi connectivity index (χ2n) is 6.16. The van der Waals surface area contributed by atoms with Crippen LogP contribution < -0.4 is 11.3 Å². The number of aromatic amines is 1. The van der Waals surface area contributed by atoms with Gasteiger partial charge in [-0.3, -0.25) is 24.7 Å². The van der Waals surface area contributed by atoms with Crippen LogP contribution in [0.4, 0.5) is 5.69 Å². The van der Waals surface area contributed by atoms with E-state index in [-0.39, 0.29) is 22.8 Å². The highest BCUT2D eigenvalue weighted by Gasteiger charge is 2.30. The molecule has 0 aliphatic heterocycles. The molecule has 0 saturated heterocycles. The average Bonchev–Trinajstić information content (AvgIpc) is 2.99. The number of primary amides is 1. The topological polar surface area (TPSA) is 170 Å². The van der Waals surface area contributed by atoms with Crippen molar-refractivity contribution < 1.29 is 14.8 Å². The average molecular weight is 384 g/mol. The molecule has 0 aliphatic carbocycles. The van der Waals surface area contributed by atoms with Crippen molar-refractivity contribution in [2.24, 2.45) is 5.73 Å². The number of hydrogen-bond donors (Lipinski definition) is 3. The summed E-state index contributed by atoms with van der Waals surface area (Å²) >= 11 is 0. The Morgan fingerprint density at radius 2 is 2.00 bits per heavy atom. The van der Waals surface area contributed by atoms with Crippen LogP contribution in [0.1, 0.15) is 27.3 Å². The largest absolute Gasteiger partial charge is 0.502 e. The van der Waals surface area contributed by atoms with Crippen LogP contribution in [0.2, 0.25) is 0 Å². The zero-order valence-electron chi connectivity index (χ0n) is 15.2. The number of aromatic hydroxyl groups is 1. The lowest BCUT2D eigenvalue weighted by molar-refractivity contribution is -0.385. The molecule has 1 amide bonds. The molecule has 1 aromatic carbocycles. The number of amides is 1. The number of phenolic OH excluding ortho intramolecular Hbond substituents is 1. The molecular formula is C17H16N6O5. The van der Waals surface area contributed by atoms with Gasteiger partial charge in [0.25, 0.3) is 5.56 Å². The van der Waals surface area contributed by atoms with E-state index < -0.39 is 27.8 Å². The number of carbonyl (C=O) groups excluding carboxylic acids is 1. The molecule has 0 radical (unpaired) electrons. The van der Waals surface area contributed by atoms with Crippen molar-refractivity contribution in [2.45, 2.75) is 20.8 Å². The van der Waals surface area contributed by atoms with Gasteiger partial charge < -0.3 is 10.8 Å². The van der Waals surface area contributed by atoms with Gasteiger partial charge >= 0.3 is 5.69 Å². The molecule has 11 nitrogen and oxygen atoms in total.